The molecule has 23 heavy (non-hydrogen) atoms. The normalized spacial score (nSPS) is 19.3. The maximum absolute atomic E-state index is 12.2. The highest BCUT2D eigenvalue weighted by Crippen LogP contribution is 2.32. The van der Waals surface area contributed by atoms with Crippen molar-refractivity contribution in [3.05, 3.63) is 33.9 Å². The van der Waals surface area contributed by atoms with E-state index in [9.17, 15) is 14.9 Å². The molecule has 0 aromatic heterocycles. The highest BCUT2D eigenvalue weighted by atomic mass is 16.6. The first-order valence-electron chi connectivity index (χ1n) is 8.26. The van der Waals surface area contributed by atoms with Gasteiger partial charge in [-0.05, 0) is 44.2 Å². The van der Waals surface area contributed by atoms with E-state index in [1.54, 1.807) is 12.1 Å². The molecule has 1 aromatic rings. The van der Waals surface area contributed by atoms with Crippen molar-refractivity contribution in [2.75, 3.05) is 18.0 Å². The van der Waals surface area contributed by atoms with Gasteiger partial charge >= 0.3 is 0 Å². The molecule has 0 aliphatic carbocycles. The highest BCUT2D eigenvalue weighted by Gasteiger charge is 2.25. The molecule has 1 N–H and O–H groups in total. The van der Waals surface area contributed by atoms with Crippen molar-refractivity contribution in [2.45, 2.75) is 46.1 Å². The maximum Gasteiger partial charge on any atom is 0.293 e. The van der Waals surface area contributed by atoms with E-state index in [1.165, 1.54) is 6.07 Å². The Morgan fingerprint density at radius 3 is 2.87 bits per heavy atom. The Labute approximate surface area is 137 Å². The van der Waals surface area contributed by atoms with Gasteiger partial charge in [0.2, 0.25) is 0 Å². The molecule has 1 aliphatic rings. The summed E-state index contributed by atoms with van der Waals surface area (Å²) >= 11 is 0. The van der Waals surface area contributed by atoms with Gasteiger partial charge in [0, 0.05) is 30.8 Å². The second kappa shape index (κ2) is 7.44. The molecule has 1 heterocycles. The summed E-state index contributed by atoms with van der Waals surface area (Å²) in [6.45, 7) is 7.69. The third-order valence-corrected chi connectivity index (χ3v) is 4.42. The molecule has 0 bridgehead atoms. The van der Waals surface area contributed by atoms with E-state index in [0.717, 1.165) is 32.4 Å². The van der Waals surface area contributed by atoms with Crippen LogP contribution in [-0.4, -0.2) is 30.0 Å². The van der Waals surface area contributed by atoms with Crippen LogP contribution in [0.5, 0.6) is 0 Å². The molecule has 0 unspecified atom stereocenters. The Morgan fingerprint density at radius 2 is 2.26 bits per heavy atom. The van der Waals surface area contributed by atoms with E-state index in [1.807, 2.05) is 13.8 Å². The van der Waals surface area contributed by atoms with Crippen molar-refractivity contribution in [2.24, 2.45) is 5.92 Å². The van der Waals surface area contributed by atoms with Crippen LogP contribution in [0, 0.1) is 16.0 Å². The highest BCUT2D eigenvalue weighted by molar-refractivity contribution is 5.96. The third kappa shape index (κ3) is 4.21. The number of carbonyl (C=O) groups excluding carboxylic acids is 1. The second-order valence-electron chi connectivity index (χ2n) is 6.44. The summed E-state index contributed by atoms with van der Waals surface area (Å²) in [5, 5.41) is 14.3. The zero-order valence-corrected chi connectivity index (χ0v) is 14.0. The average Bonchev–Trinajstić information content (AvgIpc) is 2.54. The number of nitrogens with zero attached hydrogens (tertiary/aromatic N) is 2. The fourth-order valence-electron chi connectivity index (χ4n) is 2.90. The van der Waals surface area contributed by atoms with Crippen molar-refractivity contribution < 1.29 is 9.72 Å². The summed E-state index contributed by atoms with van der Waals surface area (Å²) in [4.78, 5) is 25.3. The van der Waals surface area contributed by atoms with E-state index < -0.39 is 4.92 Å². The molecular weight excluding hydrogens is 294 g/mol. The van der Waals surface area contributed by atoms with Crippen LogP contribution in [0.2, 0.25) is 0 Å². The van der Waals surface area contributed by atoms with Gasteiger partial charge < -0.3 is 10.2 Å². The van der Waals surface area contributed by atoms with Gasteiger partial charge in [-0.25, -0.2) is 0 Å². The van der Waals surface area contributed by atoms with Crippen molar-refractivity contribution in [3.63, 3.8) is 0 Å². The minimum atomic E-state index is -0.394. The van der Waals surface area contributed by atoms with Crippen molar-refractivity contribution in [1.29, 1.82) is 0 Å². The lowest BCUT2D eigenvalue weighted by atomic mass is 9.99. The minimum Gasteiger partial charge on any atom is -0.366 e. The Kier molecular flexibility index (Phi) is 5.58. The maximum atomic E-state index is 12.2. The van der Waals surface area contributed by atoms with Gasteiger partial charge in [-0.15, -0.1) is 0 Å². The number of piperidine rings is 1. The van der Waals surface area contributed by atoms with Gasteiger partial charge in [-0.3, -0.25) is 14.9 Å². The predicted molar refractivity (Wildman–Crippen MR) is 90.9 cm³/mol. The number of rotatable bonds is 5. The molecule has 0 radical (unpaired) electrons. The van der Waals surface area contributed by atoms with Crippen molar-refractivity contribution in [1.82, 2.24) is 5.32 Å². The Bertz CT molecular complexity index is 588. The lowest BCUT2D eigenvalue weighted by Gasteiger charge is -2.32. The largest absolute Gasteiger partial charge is 0.366 e. The van der Waals surface area contributed by atoms with Crippen LogP contribution in [0.3, 0.4) is 0 Å². The van der Waals surface area contributed by atoms with Crippen LogP contribution in [0.4, 0.5) is 11.4 Å². The fourth-order valence-corrected chi connectivity index (χ4v) is 2.90. The zero-order chi connectivity index (χ0) is 17.0. The smallest absolute Gasteiger partial charge is 0.293 e. The van der Waals surface area contributed by atoms with Crippen LogP contribution in [0.15, 0.2) is 18.2 Å². The number of nitro benzene ring substituents is 1. The molecule has 126 valence electrons. The lowest BCUT2D eigenvalue weighted by Crippen LogP contribution is -2.35. The first kappa shape index (κ1) is 17.2. The number of hydrogen-bond acceptors (Lipinski definition) is 4. The summed E-state index contributed by atoms with van der Waals surface area (Å²) in [6.07, 6.45) is 3.01. The molecule has 0 saturated carbocycles. The summed E-state index contributed by atoms with van der Waals surface area (Å²) in [5.74, 6) is 0.262. The summed E-state index contributed by atoms with van der Waals surface area (Å²) in [6, 6.07) is 4.83. The van der Waals surface area contributed by atoms with Crippen molar-refractivity contribution in [3.8, 4) is 0 Å². The van der Waals surface area contributed by atoms with Gasteiger partial charge in [-0.1, -0.05) is 13.8 Å². The first-order valence-corrected chi connectivity index (χ1v) is 8.26. The molecule has 6 heteroatoms. The topological polar surface area (TPSA) is 75.5 Å². The van der Waals surface area contributed by atoms with Crippen LogP contribution >= 0.6 is 0 Å². The summed E-state index contributed by atoms with van der Waals surface area (Å²) in [5.41, 5.74) is 0.961. The molecule has 1 fully saturated rings. The molecule has 0 spiro atoms. The molecular formula is C17H25N3O3. The lowest BCUT2D eigenvalue weighted by molar-refractivity contribution is -0.384. The van der Waals surface area contributed by atoms with E-state index >= 15 is 0 Å². The molecule has 1 saturated heterocycles. The molecule has 1 aromatic carbocycles. The number of benzene rings is 1. The Balaban J connectivity index is 2.28. The Hall–Kier alpha value is -2.11. The van der Waals surface area contributed by atoms with E-state index in [0.29, 0.717) is 17.2 Å². The quantitative estimate of drug-likeness (QED) is 0.667. The summed E-state index contributed by atoms with van der Waals surface area (Å²) in [7, 11) is 0. The predicted octanol–water partition coefficient (Wildman–Crippen LogP) is 3.36. The monoisotopic (exact) mass is 319 g/mol. The SMILES string of the molecule is CC[C@H](C)NC(=O)c1ccc(N2CCC[C@@H](C)C2)c([N+](=O)[O-])c1. The number of nitro groups is 1. The first-order chi connectivity index (χ1) is 10.9. The average molecular weight is 319 g/mol. The standard InChI is InChI=1S/C17H25N3O3/c1-4-13(3)18-17(21)14-7-8-15(16(10-14)20(22)23)19-9-5-6-12(2)11-19/h7-8,10,12-13H,4-6,9,11H2,1-3H3,(H,18,21)/t12-,13+/m1/s1. The number of amides is 1. The number of carbonyl (C=O) groups is 1. The van der Waals surface area contributed by atoms with Gasteiger partial charge in [0.25, 0.3) is 11.6 Å². The zero-order valence-electron chi connectivity index (χ0n) is 14.0. The van der Waals surface area contributed by atoms with Crippen LogP contribution in [0.1, 0.15) is 50.4 Å². The molecule has 2 rings (SSSR count). The van der Waals surface area contributed by atoms with E-state index in [2.05, 4.69) is 17.1 Å². The second-order valence-corrected chi connectivity index (χ2v) is 6.44. The van der Waals surface area contributed by atoms with Crippen molar-refractivity contribution >= 4 is 17.3 Å². The number of nitrogens with one attached hydrogen (secondary N) is 1. The minimum absolute atomic E-state index is 0.0101. The van der Waals surface area contributed by atoms with Gasteiger partial charge in [0.15, 0.2) is 0 Å². The molecule has 2 atom stereocenters. The number of hydrogen-bond donors (Lipinski definition) is 1. The number of anilines is 1. The van der Waals surface area contributed by atoms with Crippen LogP contribution in [-0.2, 0) is 0 Å². The molecule has 1 aliphatic heterocycles. The van der Waals surface area contributed by atoms with Gasteiger partial charge in [0.05, 0.1) is 4.92 Å². The van der Waals surface area contributed by atoms with Gasteiger partial charge in [0.1, 0.15) is 5.69 Å². The third-order valence-electron chi connectivity index (χ3n) is 4.42. The van der Waals surface area contributed by atoms with Crippen LogP contribution < -0.4 is 10.2 Å². The van der Waals surface area contributed by atoms with Crippen LogP contribution in [0.25, 0.3) is 0 Å². The van der Waals surface area contributed by atoms with E-state index in [-0.39, 0.29) is 17.6 Å². The molecule has 1 amide bonds. The van der Waals surface area contributed by atoms with Gasteiger partial charge in [-0.2, -0.15) is 0 Å². The summed E-state index contributed by atoms with van der Waals surface area (Å²) < 4.78 is 0. The Morgan fingerprint density at radius 1 is 1.52 bits per heavy atom. The molecule has 6 nitrogen and oxygen atoms in total. The van der Waals surface area contributed by atoms with E-state index in [4.69, 9.17) is 0 Å². The fraction of sp³-hybridized carbons (Fsp3) is 0.588.